The lowest BCUT2D eigenvalue weighted by Crippen LogP contribution is -2.33. The lowest BCUT2D eigenvalue weighted by Gasteiger charge is -2.20. The van der Waals surface area contributed by atoms with E-state index >= 15 is 0 Å². The number of rotatable bonds is 5. The molecule has 0 unspecified atom stereocenters. The van der Waals surface area contributed by atoms with Gasteiger partial charge in [-0.2, -0.15) is 5.10 Å². The quantitative estimate of drug-likeness (QED) is 0.762. The van der Waals surface area contributed by atoms with Crippen LogP contribution in [-0.2, 0) is 26.2 Å². The Kier molecular flexibility index (Phi) is 5.96. The third-order valence-electron chi connectivity index (χ3n) is 5.74. The summed E-state index contributed by atoms with van der Waals surface area (Å²) in [4.78, 5) is 39.3. The van der Waals surface area contributed by atoms with Gasteiger partial charge in [0.05, 0.1) is 23.0 Å². The van der Waals surface area contributed by atoms with Gasteiger partial charge < -0.3 is 15.0 Å². The summed E-state index contributed by atoms with van der Waals surface area (Å²) in [6.45, 7) is 9.35. The van der Waals surface area contributed by atoms with Crippen LogP contribution >= 0.6 is 0 Å². The van der Waals surface area contributed by atoms with E-state index in [-0.39, 0.29) is 18.9 Å². The van der Waals surface area contributed by atoms with Crippen molar-refractivity contribution in [3.63, 3.8) is 0 Å². The average Bonchev–Trinajstić information content (AvgIpc) is 3.18. The normalized spacial score (nSPS) is 17.2. The van der Waals surface area contributed by atoms with Crippen LogP contribution in [0.5, 0.6) is 0 Å². The molecule has 1 fully saturated rings. The molecule has 3 rings (SSSR count). The van der Waals surface area contributed by atoms with Crippen LogP contribution in [0, 0.1) is 33.6 Å². The number of ether oxygens (including phenoxy) is 1. The van der Waals surface area contributed by atoms with Crippen molar-refractivity contribution in [2.45, 2.75) is 47.1 Å². The molecular weight excluding hydrogens is 384 g/mol. The first kappa shape index (κ1) is 21.5. The predicted octanol–water partition coefficient (Wildman–Crippen LogP) is 2.58. The number of aryl methyl sites for hydroxylation is 3. The van der Waals surface area contributed by atoms with Gasteiger partial charge in [0, 0.05) is 25.7 Å². The van der Waals surface area contributed by atoms with E-state index in [0.29, 0.717) is 11.4 Å². The number of carbonyl (C=O) groups excluding carboxylic acids is 3. The maximum atomic E-state index is 12.6. The Morgan fingerprint density at radius 3 is 2.57 bits per heavy atom. The maximum absolute atomic E-state index is 12.6. The largest absolute Gasteiger partial charge is 0.452 e. The Morgan fingerprint density at radius 1 is 1.23 bits per heavy atom. The fourth-order valence-electron chi connectivity index (χ4n) is 3.63. The molecule has 2 heterocycles. The summed E-state index contributed by atoms with van der Waals surface area (Å²) in [5.74, 6) is -1.70. The molecule has 1 saturated heterocycles. The van der Waals surface area contributed by atoms with Gasteiger partial charge in [0.2, 0.25) is 5.91 Å². The van der Waals surface area contributed by atoms with Crippen LogP contribution in [0.1, 0.15) is 35.9 Å². The molecule has 2 amide bonds. The van der Waals surface area contributed by atoms with E-state index < -0.39 is 23.9 Å². The topological polar surface area (TPSA) is 93.5 Å². The minimum atomic E-state index is -0.985. The summed E-state index contributed by atoms with van der Waals surface area (Å²) < 4.78 is 7.06. The fourth-order valence-corrected chi connectivity index (χ4v) is 3.63. The highest BCUT2D eigenvalue weighted by Gasteiger charge is 2.38. The molecule has 30 heavy (non-hydrogen) atoms. The monoisotopic (exact) mass is 412 g/mol. The van der Waals surface area contributed by atoms with Crippen molar-refractivity contribution in [3.05, 3.63) is 40.7 Å². The Morgan fingerprint density at radius 2 is 1.93 bits per heavy atom. The summed E-state index contributed by atoms with van der Waals surface area (Å²) in [6.07, 6.45) is -0.914. The predicted molar refractivity (Wildman–Crippen MR) is 113 cm³/mol. The molecule has 0 saturated carbocycles. The summed E-state index contributed by atoms with van der Waals surface area (Å²) in [5.41, 5.74) is 5.01. The molecule has 160 valence electrons. The summed E-state index contributed by atoms with van der Waals surface area (Å²) >= 11 is 0. The van der Waals surface area contributed by atoms with Crippen LogP contribution in [0.25, 0.3) is 0 Å². The lowest BCUT2D eigenvalue weighted by molar-refractivity contribution is -0.157. The first-order valence-corrected chi connectivity index (χ1v) is 9.98. The van der Waals surface area contributed by atoms with Gasteiger partial charge in [-0.3, -0.25) is 19.1 Å². The lowest BCUT2D eigenvalue weighted by atomic mass is 10.1. The van der Waals surface area contributed by atoms with Gasteiger partial charge in [-0.25, -0.2) is 0 Å². The molecule has 8 nitrogen and oxygen atoms in total. The molecule has 2 atom stereocenters. The number of anilines is 2. The summed E-state index contributed by atoms with van der Waals surface area (Å²) in [7, 11) is 1.79. The Bertz CT molecular complexity index is 1010. The minimum Gasteiger partial charge on any atom is -0.452 e. The van der Waals surface area contributed by atoms with E-state index in [4.69, 9.17) is 4.74 Å². The standard InChI is InChI=1S/C22H28N4O4/c1-12-8-7-9-18(13(12)2)26-11-17(10-19(26)27)22(29)30-16(5)21(28)23-20-14(3)24-25(6)15(20)4/h7-9,16-17H,10-11H2,1-6H3,(H,23,28)/t16-,17-/m0/s1. The highest BCUT2D eigenvalue weighted by atomic mass is 16.5. The Labute approximate surface area is 176 Å². The van der Waals surface area contributed by atoms with Crippen molar-refractivity contribution in [1.29, 1.82) is 0 Å². The maximum Gasteiger partial charge on any atom is 0.312 e. The summed E-state index contributed by atoms with van der Waals surface area (Å²) in [6, 6.07) is 5.76. The van der Waals surface area contributed by atoms with Crippen LogP contribution in [-0.4, -0.2) is 40.2 Å². The number of hydrogen-bond acceptors (Lipinski definition) is 5. The smallest absolute Gasteiger partial charge is 0.312 e. The third kappa shape index (κ3) is 4.08. The fraction of sp³-hybridized carbons (Fsp3) is 0.455. The number of benzene rings is 1. The molecule has 8 heteroatoms. The second-order valence-corrected chi connectivity index (χ2v) is 7.86. The molecule has 0 radical (unpaired) electrons. The van der Waals surface area contributed by atoms with Crippen LogP contribution in [0.4, 0.5) is 11.4 Å². The number of aromatic nitrogens is 2. The van der Waals surface area contributed by atoms with Gasteiger partial charge in [-0.1, -0.05) is 12.1 Å². The molecular formula is C22H28N4O4. The van der Waals surface area contributed by atoms with E-state index in [1.165, 1.54) is 6.92 Å². The van der Waals surface area contributed by atoms with Crippen molar-refractivity contribution in [3.8, 4) is 0 Å². The number of hydrogen-bond donors (Lipinski definition) is 1. The van der Waals surface area contributed by atoms with E-state index in [1.807, 2.05) is 39.0 Å². The number of nitrogens with one attached hydrogen (secondary N) is 1. The van der Waals surface area contributed by atoms with Gasteiger partial charge in [-0.05, 0) is 51.8 Å². The zero-order valence-corrected chi connectivity index (χ0v) is 18.3. The van der Waals surface area contributed by atoms with E-state index in [1.54, 1.807) is 23.6 Å². The Balaban J connectivity index is 1.64. The first-order chi connectivity index (χ1) is 14.1. The van der Waals surface area contributed by atoms with Gasteiger partial charge >= 0.3 is 5.97 Å². The summed E-state index contributed by atoms with van der Waals surface area (Å²) in [5, 5.41) is 7.03. The van der Waals surface area contributed by atoms with Crippen molar-refractivity contribution >= 4 is 29.2 Å². The van der Waals surface area contributed by atoms with Crippen molar-refractivity contribution in [2.24, 2.45) is 13.0 Å². The van der Waals surface area contributed by atoms with Crippen molar-refractivity contribution in [2.75, 3.05) is 16.8 Å². The van der Waals surface area contributed by atoms with E-state index in [0.717, 1.165) is 22.5 Å². The van der Waals surface area contributed by atoms with Gasteiger partial charge in [0.1, 0.15) is 0 Å². The third-order valence-corrected chi connectivity index (χ3v) is 5.74. The van der Waals surface area contributed by atoms with E-state index in [2.05, 4.69) is 10.4 Å². The van der Waals surface area contributed by atoms with Gasteiger partial charge in [-0.15, -0.1) is 0 Å². The van der Waals surface area contributed by atoms with Gasteiger partial charge in [0.15, 0.2) is 6.10 Å². The molecule has 0 bridgehead atoms. The SMILES string of the molecule is Cc1cccc(N2C[C@@H](C(=O)O[C@@H](C)C(=O)Nc3c(C)nn(C)c3C)CC2=O)c1C. The molecule has 1 aliphatic rings. The van der Waals surface area contributed by atoms with Crippen molar-refractivity contribution < 1.29 is 19.1 Å². The first-order valence-electron chi connectivity index (χ1n) is 9.98. The molecule has 1 N–H and O–H groups in total. The average molecular weight is 412 g/mol. The minimum absolute atomic E-state index is 0.0708. The second-order valence-electron chi connectivity index (χ2n) is 7.86. The van der Waals surface area contributed by atoms with Crippen LogP contribution in [0.2, 0.25) is 0 Å². The van der Waals surface area contributed by atoms with Crippen LogP contribution < -0.4 is 10.2 Å². The number of amides is 2. The highest BCUT2D eigenvalue weighted by molar-refractivity contribution is 6.01. The molecule has 0 spiro atoms. The number of carbonyl (C=O) groups is 3. The molecule has 1 aliphatic heterocycles. The molecule has 2 aromatic rings. The van der Waals surface area contributed by atoms with Crippen molar-refractivity contribution in [1.82, 2.24) is 9.78 Å². The Hall–Kier alpha value is -3.16. The van der Waals surface area contributed by atoms with Crippen LogP contribution in [0.15, 0.2) is 18.2 Å². The number of esters is 1. The number of nitrogens with zero attached hydrogens (tertiary/aromatic N) is 3. The highest BCUT2D eigenvalue weighted by Crippen LogP contribution is 2.30. The zero-order valence-electron chi connectivity index (χ0n) is 18.3. The van der Waals surface area contributed by atoms with Crippen LogP contribution in [0.3, 0.4) is 0 Å². The second kappa shape index (κ2) is 8.30. The molecule has 1 aromatic heterocycles. The van der Waals surface area contributed by atoms with Gasteiger partial charge in [0.25, 0.3) is 5.91 Å². The molecule has 1 aromatic carbocycles. The molecule has 0 aliphatic carbocycles. The van der Waals surface area contributed by atoms with E-state index in [9.17, 15) is 14.4 Å². The zero-order chi connectivity index (χ0) is 22.2.